The third kappa shape index (κ3) is 4.11. The van der Waals surface area contributed by atoms with E-state index >= 15 is 0 Å². The van der Waals surface area contributed by atoms with Gasteiger partial charge < -0.3 is 4.74 Å². The zero-order valence-corrected chi connectivity index (χ0v) is 21.4. The first-order valence-electron chi connectivity index (χ1n) is 13.5. The summed E-state index contributed by atoms with van der Waals surface area (Å²) in [4.78, 5) is 25.1. The van der Waals surface area contributed by atoms with E-state index in [0.29, 0.717) is 23.0 Å². The second-order valence-electron chi connectivity index (χ2n) is 12.7. The maximum Gasteiger partial charge on any atom is 0.302 e. The van der Waals surface area contributed by atoms with Gasteiger partial charge in [0.1, 0.15) is 6.10 Å². The third-order valence-corrected chi connectivity index (χ3v) is 10.4. The van der Waals surface area contributed by atoms with Gasteiger partial charge in [-0.1, -0.05) is 59.5 Å². The van der Waals surface area contributed by atoms with Crippen molar-refractivity contribution in [2.75, 3.05) is 0 Å². The first-order chi connectivity index (χ1) is 15.1. The van der Waals surface area contributed by atoms with Crippen molar-refractivity contribution >= 4 is 11.8 Å². The summed E-state index contributed by atoms with van der Waals surface area (Å²) < 4.78 is 5.54. The number of allylic oxidation sites excluding steroid dienone is 1. The highest BCUT2D eigenvalue weighted by Gasteiger charge is 2.61. The lowest BCUT2D eigenvalue weighted by molar-refractivity contribution is -0.149. The van der Waals surface area contributed by atoms with E-state index in [1.54, 1.807) is 0 Å². The number of carbonyl (C=O) groups excluding carboxylic acids is 2. The average Bonchev–Trinajstić information content (AvgIpc) is 3.05. The summed E-state index contributed by atoms with van der Waals surface area (Å²) in [5, 5.41) is 0. The topological polar surface area (TPSA) is 43.4 Å². The Kier molecular flexibility index (Phi) is 6.69. The number of ether oxygens (including phenoxy) is 1. The van der Waals surface area contributed by atoms with Crippen molar-refractivity contribution in [1.29, 1.82) is 0 Å². The number of carbonyl (C=O) groups is 2. The van der Waals surface area contributed by atoms with Crippen LogP contribution in [0.15, 0.2) is 11.6 Å². The summed E-state index contributed by atoms with van der Waals surface area (Å²) in [6, 6.07) is 0. The second kappa shape index (κ2) is 8.91. The minimum absolute atomic E-state index is 0.0485. The molecule has 0 radical (unpaired) electrons. The van der Waals surface area contributed by atoms with Crippen LogP contribution in [0.4, 0.5) is 0 Å². The van der Waals surface area contributed by atoms with E-state index in [-0.39, 0.29) is 23.4 Å². The van der Waals surface area contributed by atoms with Crippen LogP contribution in [0, 0.1) is 46.3 Å². The largest absolute Gasteiger partial charge is 0.462 e. The molecule has 32 heavy (non-hydrogen) atoms. The highest BCUT2D eigenvalue weighted by molar-refractivity contribution is 5.94. The minimum atomic E-state index is -0.202. The zero-order valence-electron chi connectivity index (χ0n) is 21.4. The standard InChI is InChI=1S/C29H46O3/c1-18(2)8-7-9-19(3)23-10-11-24-27-25(13-15-29(23,24)6)28(5)14-12-22(32-20(4)30)16-21(28)17-26(27)31/h17-19,22-25,27H,7-16H2,1-6H3/t19-,22+,23-,24-,25-,27-,28-,29+/m0/s1. The van der Waals surface area contributed by atoms with Gasteiger partial charge in [-0.2, -0.15) is 0 Å². The molecule has 0 aromatic heterocycles. The van der Waals surface area contributed by atoms with E-state index in [0.717, 1.165) is 37.0 Å². The molecule has 0 aliphatic heterocycles. The van der Waals surface area contributed by atoms with E-state index in [1.165, 1.54) is 57.4 Å². The number of fused-ring (bicyclic) bond motifs is 5. The van der Waals surface area contributed by atoms with Crippen LogP contribution in [0.1, 0.15) is 106 Å². The van der Waals surface area contributed by atoms with E-state index in [9.17, 15) is 9.59 Å². The molecule has 4 aliphatic rings. The molecule has 3 nitrogen and oxygen atoms in total. The fourth-order valence-electron chi connectivity index (χ4n) is 8.73. The number of esters is 1. The molecule has 0 aromatic carbocycles. The van der Waals surface area contributed by atoms with Crippen LogP contribution in [0.25, 0.3) is 0 Å². The molecule has 180 valence electrons. The first kappa shape index (κ1) is 24.0. The lowest BCUT2D eigenvalue weighted by Crippen LogP contribution is -2.53. The van der Waals surface area contributed by atoms with Gasteiger partial charge in [-0.05, 0) is 85.0 Å². The molecule has 4 aliphatic carbocycles. The maximum atomic E-state index is 13.6. The average molecular weight is 443 g/mol. The Bertz CT molecular complexity index is 766. The summed E-state index contributed by atoms with van der Waals surface area (Å²) in [5.74, 6) is 3.74. The van der Waals surface area contributed by atoms with Crippen molar-refractivity contribution in [3.05, 3.63) is 11.6 Å². The van der Waals surface area contributed by atoms with Gasteiger partial charge in [0.15, 0.2) is 5.78 Å². The Morgan fingerprint density at radius 3 is 2.50 bits per heavy atom. The predicted molar refractivity (Wildman–Crippen MR) is 129 cm³/mol. The molecule has 0 bridgehead atoms. The summed E-state index contributed by atoms with van der Waals surface area (Å²) in [6.45, 7) is 13.6. The van der Waals surface area contributed by atoms with Crippen molar-refractivity contribution in [3.8, 4) is 0 Å². The van der Waals surface area contributed by atoms with Crippen molar-refractivity contribution in [1.82, 2.24) is 0 Å². The maximum absolute atomic E-state index is 13.6. The van der Waals surface area contributed by atoms with E-state index < -0.39 is 0 Å². The van der Waals surface area contributed by atoms with Crippen molar-refractivity contribution < 1.29 is 14.3 Å². The zero-order chi connectivity index (χ0) is 23.3. The fraction of sp³-hybridized carbons (Fsp3) is 0.862. The predicted octanol–water partition coefficient (Wildman–Crippen LogP) is 7.14. The highest BCUT2D eigenvalue weighted by atomic mass is 16.5. The first-order valence-corrected chi connectivity index (χ1v) is 13.5. The molecule has 0 unspecified atom stereocenters. The molecular formula is C29H46O3. The van der Waals surface area contributed by atoms with Gasteiger partial charge in [-0.3, -0.25) is 9.59 Å². The summed E-state index contributed by atoms with van der Waals surface area (Å²) in [7, 11) is 0. The van der Waals surface area contributed by atoms with Crippen LogP contribution < -0.4 is 0 Å². The van der Waals surface area contributed by atoms with Gasteiger partial charge in [-0.15, -0.1) is 0 Å². The van der Waals surface area contributed by atoms with Crippen molar-refractivity contribution in [3.63, 3.8) is 0 Å². The number of ketones is 1. The molecular weight excluding hydrogens is 396 g/mol. The molecule has 0 saturated heterocycles. The molecule has 0 N–H and O–H groups in total. The lowest BCUT2D eigenvalue weighted by atomic mass is 9.46. The molecule has 0 amide bonds. The Balaban J connectivity index is 1.52. The summed E-state index contributed by atoms with van der Waals surface area (Å²) in [6.07, 6.45) is 13.7. The molecule has 3 saturated carbocycles. The van der Waals surface area contributed by atoms with Crippen LogP contribution in [0.2, 0.25) is 0 Å². The SMILES string of the molecule is CC(=O)O[C@@H]1CC[C@@]2(C)C(=CC(=O)[C@H]3[C@@H]4CC[C@@H]([C@@H](C)CCCC(C)C)[C@@]4(C)CC[C@@H]32)C1. The van der Waals surface area contributed by atoms with Crippen LogP contribution in [-0.2, 0) is 14.3 Å². The van der Waals surface area contributed by atoms with Crippen LogP contribution in [0.5, 0.6) is 0 Å². The van der Waals surface area contributed by atoms with Crippen LogP contribution >= 0.6 is 0 Å². The Hall–Kier alpha value is -1.12. The third-order valence-electron chi connectivity index (χ3n) is 10.4. The van der Waals surface area contributed by atoms with Crippen molar-refractivity contribution in [2.24, 2.45) is 46.3 Å². The second-order valence-corrected chi connectivity index (χ2v) is 12.7. The summed E-state index contributed by atoms with van der Waals surface area (Å²) >= 11 is 0. The molecule has 8 atom stereocenters. The quantitative estimate of drug-likeness (QED) is 0.411. The number of hydrogen-bond acceptors (Lipinski definition) is 3. The molecule has 4 rings (SSSR count). The summed E-state index contributed by atoms with van der Waals surface area (Å²) in [5.41, 5.74) is 1.70. The Morgan fingerprint density at radius 1 is 1.06 bits per heavy atom. The molecule has 0 spiro atoms. The van der Waals surface area contributed by atoms with Gasteiger partial charge in [0.05, 0.1) is 0 Å². The van der Waals surface area contributed by atoms with E-state index in [1.807, 2.05) is 6.08 Å². The molecule has 3 heteroatoms. The van der Waals surface area contributed by atoms with Crippen LogP contribution in [-0.4, -0.2) is 17.9 Å². The minimum Gasteiger partial charge on any atom is -0.462 e. The van der Waals surface area contributed by atoms with E-state index in [4.69, 9.17) is 4.74 Å². The van der Waals surface area contributed by atoms with Gasteiger partial charge in [0, 0.05) is 19.3 Å². The lowest BCUT2D eigenvalue weighted by Gasteiger charge is -2.57. The Morgan fingerprint density at radius 2 is 1.81 bits per heavy atom. The Labute approximate surface area is 196 Å². The van der Waals surface area contributed by atoms with Crippen molar-refractivity contribution in [2.45, 2.75) is 112 Å². The number of rotatable bonds is 6. The van der Waals surface area contributed by atoms with E-state index in [2.05, 4.69) is 34.6 Å². The number of hydrogen-bond donors (Lipinski definition) is 0. The molecule has 0 heterocycles. The monoisotopic (exact) mass is 442 g/mol. The fourth-order valence-corrected chi connectivity index (χ4v) is 8.73. The van der Waals surface area contributed by atoms with Gasteiger partial charge in [0.2, 0.25) is 0 Å². The van der Waals surface area contributed by atoms with Gasteiger partial charge >= 0.3 is 5.97 Å². The normalized spacial score (nSPS) is 42.0. The molecule has 3 fully saturated rings. The molecule has 0 aromatic rings. The van der Waals surface area contributed by atoms with Crippen LogP contribution in [0.3, 0.4) is 0 Å². The van der Waals surface area contributed by atoms with Gasteiger partial charge in [0.25, 0.3) is 0 Å². The smallest absolute Gasteiger partial charge is 0.302 e. The highest BCUT2D eigenvalue weighted by Crippen LogP contribution is 2.66. The van der Waals surface area contributed by atoms with Gasteiger partial charge in [-0.25, -0.2) is 0 Å².